The highest BCUT2D eigenvalue weighted by atomic mass is 35.5. The van der Waals surface area contributed by atoms with Crippen LogP contribution in [0.2, 0.25) is 15.1 Å². The van der Waals surface area contributed by atoms with Crippen LogP contribution < -0.4 is 10.1 Å². The van der Waals surface area contributed by atoms with Gasteiger partial charge in [-0.05, 0) is 48.7 Å². The summed E-state index contributed by atoms with van der Waals surface area (Å²) in [5, 5.41) is 4.15. The molecule has 1 saturated heterocycles. The third kappa shape index (κ3) is 5.00. The fourth-order valence-electron chi connectivity index (χ4n) is 3.90. The van der Waals surface area contributed by atoms with E-state index in [1.165, 1.54) is 4.90 Å². The van der Waals surface area contributed by atoms with E-state index in [2.05, 4.69) is 5.32 Å². The summed E-state index contributed by atoms with van der Waals surface area (Å²) in [5.41, 5.74) is 1.74. The number of carbonyl (C=O) groups excluding carboxylic acids is 2. The van der Waals surface area contributed by atoms with Crippen molar-refractivity contribution in [3.8, 4) is 5.75 Å². The summed E-state index contributed by atoms with van der Waals surface area (Å²) < 4.78 is 5.78. The average molecular weight is 480 g/mol. The Kier molecular flexibility index (Phi) is 6.75. The number of nitrogens with zero attached hydrogens (tertiary/aromatic N) is 1. The minimum Gasteiger partial charge on any atom is -0.487 e. The maximum Gasteiger partial charge on any atom is 0.329 e. The number of rotatable bonds is 5. The standard InChI is InChI=1S/C23H21Cl3N2O3/c24-16-8-7-15(18(25)12-16)13-31-21-9-6-14(10-19(21)26)11-20-22(29)28(23(30)27-20)17-4-2-1-3-5-17/h6-12,17H,1-5,13H2,(H,27,30)/b20-11-. The van der Waals surface area contributed by atoms with Gasteiger partial charge in [-0.1, -0.05) is 66.2 Å². The van der Waals surface area contributed by atoms with Crippen molar-refractivity contribution < 1.29 is 14.3 Å². The molecule has 0 atom stereocenters. The second-order valence-corrected chi connectivity index (χ2v) is 8.92. The molecule has 5 nitrogen and oxygen atoms in total. The molecule has 0 aromatic heterocycles. The molecule has 1 aliphatic heterocycles. The van der Waals surface area contributed by atoms with Gasteiger partial charge in [-0.25, -0.2) is 4.79 Å². The topological polar surface area (TPSA) is 58.6 Å². The van der Waals surface area contributed by atoms with Crippen molar-refractivity contribution in [3.05, 3.63) is 68.3 Å². The van der Waals surface area contributed by atoms with Crippen molar-refractivity contribution in [2.24, 2.45) is 0 Å². The molecule has 0 radical (unpaired) electrons. The van der Waals surface area contributed by atoms with E-state index < -0.39 is 0 Å². The lowest BCUT2D eigenvalue weighted by molar-refractivity contribution is -0.124. The van der Waals surface area contributed by atoms with Crippen LogP contribution in [-0.2, 0) is 11.4 Å². The first-order valence-electron chi connectivity index (χ1n) is 10.1. The number of urea groups is 1. The predicted octanol–water partition coefficient (Wildman–Crippen LogP) is 6.45. The van der Waals surface area contributed by atoms with Crippen LogP contribution in [0.4, 0.5) is 4.79 Å². The van der Waals surface area contributed by atoms with Gasteiger partial charge in [0, 0.05) is 21.7 Å². The lowest BCUT2D eigenvalue weighted by Gasteiger charge is -2.28. The van der Waals surface area contributed by atoms with Gasteiger partial charge < -0.3 is 10.1 Å². The Balaban J connectivity index is 1.45. The van der Waals surface area contributed by atoms with Crippen LogP contribution in [0.3, 0.4) is 0 Å². The molecule has 2 aromatic rings. The van der Waals surface area contributed by atoms with Gasteiger partial charge in [0.25, 0.3) is 5.91 Å². The van der Waals surface area contributed by atoms with E-state index >= 15 is 0 Å². The Morgan fingerprint density at radius 1 is 1.00 bits per heavy atom. The number of halogens is 3. The van der Waals surface area contributed by atoms with Crippen LogP contribution in [0.15, 0.2) is 42.1 Å². The van der Waals surface area contributed by atoms with E-state index in [1.807, 2.05) is 0 Å². The molecule has 1 heterocycles. The first kappa shape index (κ1) is 22.0. The van der Waals surface area contributed by atoms with Gasteiger partial charge in [0.05, 0.1) is 5.02 Å². The Morgan fingerprint density at radius 2 is 1.77 bits per heavy atom. The van der Waals surface area contributed by atoms with Crippen molar-refractivity contribution in [1.29, 1.82) is 0 Å². The van der Waals surface area contributed by atoms with Crippen LogP contribution in [0.1, 0.15) is 43.2 Å². The van der Waals surface area contributed by atoms with Gasteiger partial charge in [-0.3, -0.25) is 9.69 Å². The number of hydrogen-bond donors (Lipinski definition) is 1. The Hall–Kier alpha value is -2.21. The largest absolute Gasteiger partial charge is 0.487 e. The first-order chi connectivity index (χ1) is 14.9. The van der Waals surface area contributed by atoms with Gasteiger partial charge in [-0.15, -0.1) is 0 Å². The summed E-state index contributed by atoms with van der Waals surface area (Å²) in [6.07, 6.45) is 6.59. The maximum absolute atomic E-state index is 12.8. The van der Waals surface area contributed by atoms with E-state index in [0.717, 1.165) is 37.7 Å². The zero-order valence-electron chi connectivity index (χ0n) is 16.7. The van der Waals surface area contributed by atoms with Crippen LogP contribution in [-0.4, -0.2) is 22.9 Å². The molecule has 1 saturated carbocycles. The van der Waals surface area contributed by atoms with Crippen molar-refractivity contribution in [2.75, 3.05) is 0 Å². The minimum atomic E-state index is -0.353. The summed E-state index contributed by atoms with van der Waals surface area (Å²) in [5.74, 6) is 0.200. The molecule has 0 spiro atoms. The van der Waals surface area contributed by atoms with Crippen molar-refractivity contribution in [1.82, 2.24) is 10.2 Å². The van der Waals surface area contributed by atoms with Gasteiger partial charge in [0.1, 0.15) is 18.1 Å². The zero-order chi connectivity index (χ0) is 22.0. The molecule has 3 amide bonds. The molecule has 4 rings (SSSR count). The van der Waals surface area contributed by atoms with E-state index in [1.54, 1.807) is 42.5 Å². The van der Waals surface area contributed by atoms with Crippen molar-refractivity contribution in [3.63, 3.8) is 0 Å². The van der Waals surface area contributed by atoms with Gasteiger partial charge >= 0.3 is 6.03 Å². The van der Waals surface area contributed by atoms with Gasteiger partial charge in [0.2, 0.25) is 0 Å². The van der Waals surface area contributed by atoms with E-state index in [-0.39, 0.29) is 30.3 Å². The first-order valence-corrected chi connectivity index (χ1v) is 11.3. The number of ether oxygens (including phenoxy) is 1. The van der Waals surface area contributed by atoms with Crippen LogP contribution in [0, 0.1) is 0 Å². The molecule has 1 N–H and O–H groups in total. The number of nitrogens with one attached hydrogen (secondary N) is 1. The summed E-state index contributed by atoms with van der Waals surface area (Å²) in [6, 6.07) is 10.0. The SMILES string of the molecule is O=C1N/C(=C\c2ccc(OCc3ccc(Cl)cc3Cl)c(Cl)c2)C(=O)N1C1CCCCC1. The van der Waals surface area contributed by atoms with E-state index in [0.29, 0.717) is 26.4 Å². The zero-order valence-corrected chi connectivity index (χ0v) is 18.9. The molecule has 0 bridgehead atoms. The molecule has 2 aliphatic rings. The molecular formula is C23H21Cl3N2O3. The third-order valence-electron chi connectivity index (χ3n) is 5.51. The normalized spacial score (nSPS) is 18.5. The van der Waals surface area contributed by atoms with Gasteiger partial charge in [-0.2, -0.15) is 0 Å². The smallest absolute Gasteiger partial charge is 0.329 e. The van der Waals surface area contributed by atoms with Crippen molar-refractivity contribution >= 4 is 52.8 Å². The number of benzene rings is 2. The Bertz CT molecular complexity index is 1050. The minimum absolute atomic E-state index is 0.0220. The lowest BCUT2D eigenvalue weighted by Crippen LogP contribution is -2.41. The fraction of sp³-hybridized carbons (Fsp3) is 0.304. The number of imide groups is 1. The summed E-state index contributed by atoms with van der Waals surface area (Å²) in [6.45, 7) is 0.237. The fourth-order valence-corrected chi connectivity index (χ4v) is 4.61. The van der Waals surface area contributed by atoms with E-state index in [4.69, 9.17) is 39.5 Å². The Labute approximate surface area is 195 Å². The highest BCUT2D eigenvalue weighted by Gasteiger charge is 2.38. The second-order valence-electron chi connectivity index (χ2n) is 7.67. The highest BCUT2D eigenvalue weighted by molar-refractivity contribution is 6.35. The predicted molar refractivity (Wildman–Crippen MR) is 122 cm³/mol. The monoisotopic (exact) mass is 478 g/mol. The van der Waals surface area contributed by atoms with E-state index in [9.17, 15) is 9.59 Å². The number of carbonyl (C=O) groups is 2. The molecule has 0 unspecified atom stereocenters. The van der Waals surface area contributed by atoms with Crippen LogP contribution in [0.25, 0.3) is 6.08 Å². The molecule has 2 fully saturated rings. The third-order valence-corrected chi connectivity index (χ3v) is 6.40. The van der Waals surface area contributed by atoms with Gasteiger partial charge in [0.15, 0.2) is 0 Å². The van der Waals surface area contributed by atoms with Crippen molar-refractivity contribution in [2.45, 2.75) is 44.8 Å². The number of hydrogen-bond acceptors (Lipinski definition) is 3. The second kappa shape index (κ2) is 9.51. The molecular weight excluding hydrogens is 459 g/mol. The molecule has 31 heavy (non-hydrogen) atoms. The lowest BCUT2D eigenvalue weighted by atomic mass is 9.94. The maximum atomic E-state index is 12.8. The summed E-state index contributed by atoms with van der Waals surface area (Å²) in [4.78, 5) is 26.5. The average Bonchev–Trinajstić information content (AvgIpc) is 3.02. The Morgan fingerprint density at radius 3 is 2.48 bits per heavy atom. The van der Waals surface area contributed by atoms with Crippen LogP contribution >= 0.6 is 34.8 Å². The molecule has 2 aromatic carbocycles. The molecule has 1 aliphatic carbocycles. The number of amides is 3. The summed E-state index contributed by atoms with van der Waals surface area (Å²) in [7, 11) is 0. The molecule has 8 heteroatoms. The molecule has 162 valence electrons. The highest BCUT2D eigenvalue weighted by Crippen LogP contribution is 2.30. The van der Waals surface area contributed by atoms with Crippen LogP contribution in [0.5, 0.6) is 5.75 Å². The quantitative estimate of drug-likeness (QED) is 0.396. The summed E-state index contributed by atoms with van der Waals surface area (Å²) >= 11 is 18.5.